The third-order valence-electron chi connectivity index (χ3n) is 3.51. The second kappa shape index (κ2) is 7.76. The number of furan rings is 1. The van der Waals surface area contributed by atoms with Crippen molar-refractivity contribution >= 4 is 23.2 Å². The number of carbonyl (C=O) groups is 2. The quantitative estimate of drug-likeness (QED) is 0.712. The van der Waals surface area contributed by atoms with Crippen LogP contribution < -0.4 is 10.6 Å². The van der Waals surface area contributed by atoms with Crippen LogP contribution in [0.2, 0.25) is 0 Å². The van der Waals surface area contributed by atoms with E-state index in [0.717, 1.165) is 21.8 Å². The van der Waals surface area contributed by atoms with Crippen LogP contribution in [-0.4, -0.2) is 23.3 Å². The van der Waals surface area contributed by atoms with E-state index in [1.807, 2.05) is 36.6 Å². The average molecular weight is 355 g/mol. The van der Waals surface area contributed by atoms with Gasteiger partial charge in [0, 0.05) is 17.5 Å². The van der Waals surface area contributed by atoms with Crippen molar-refractivity contribution in [3.8, 4) is 11.3 Å². The first-order chi connectivity index (χ1) is 12.1. The molecule has 3 rings (SSSR count). The fourth-order valence-corrected chi connectivity index (χ4v) is 2.83. The number of aryl methyl sites for hydroxylation is 1. The van der Waals surface area contributed by atoms with Gasteiger partial charge in [-0.1, -0.05) is 24.3 Å². The molecule has 2 N–H and O–H groups in total. The van der Waals surface area contributed by atoms with Gasteiger partial charge in [-0.15, -0.1) is 11.3 Å². The molecule has 6 nitrogen and oxygen atoms in total. The SMILES string of the molecule is Cc1nc(-c2ccc(CNC(=O)CNC(=O)c3ccco3)cc2)cs1. The highest BCUT2D eigenvalue weighted by Crippen LogP contribution is 2.21. The first-order valence-corrected chi connectivity index (χ1v) is 8.59. The summed E-state index contributed by atoms with van der Waals surface area (Å²) in [5.74, 6) is -0.497. The van der Waals surface area contributed by atoms with Gasteiger partial charge in [0.2, 0.25) is 5.91 Å². The Hall–Kier alpha value is -2.93. The molecule has 0 spiro atoms. The summed E-state index contributed by atoms with van der Waals surface area (Å²) in [6, 6.07) is 11.0. The van der Waals surface area contributed by atoms with Crippen molar-refractivity contribution < 1.29 is 14.0 Å². The highest BCUT2D eigenvalue weighted by atomic mass is 32.1. The maximum Gasteiger partial charge on any atom is 0.287 e. The second-order valence-electron chi connectivity index (χ2n) is 5.39. The first-order valence-electron chi connectivity index (χ1n) is 7.71. The van der Waals surface area contributed by atoms with Gasteiger partial charge in [-0.05, 0) is 24.6 Å². The van der Waals surface area contributed by atoms with Crippen molar-refractivity contribution in [3.05, 3.63) is 64.4 Å². The van der Waals surface area contributed by atoms with E-state index in [1.54, 1.807) is 23.5 Å². The van der Waals surface area contributed by atoms with Crippen LogP contribution in [0.25, 0.3) is 11.3 Å². The first kappa shape index (κ1) is 16.9. The molecule has 0 atom stereocenters. The Morgan fingerprint density at radius 3 is 2.60 bits per heavy atom. The Bertz CT molecular complexity index is 854. The van der Waals surface area contributed by atoms with Crippen molar-refractivity contribution in [2.24, 2.45) is 0 Å². The highest BCUT2D eigenvalue weighted by Gasteiger charge is 2.10. The van der Waals surface area contributed by atoms with Crippen molar-refractivity contribution in [3.63, 3.8) is 0 Å². The minimum Gasteiger partial charge on any atom is -0.459 e. The van der Waals surface area contributed by atoms with Crippen molar-refractivity contribution in [1.29, 1.82) is 0 Å². The second-order valence-corrected chi connectivity index (χ2v) is 6.45. The Morgan fingerprint density at radius 1 is 1.16 bits per heavy atom. The fraction of sp³-hybridized carbons (Fsp3) is 0.167. The predicted molar refractivity (Wildman–Crippen MR) is 95.2 cm³/mol. The normalized spacial score (nSPS) is 10.4. The molecular weight excluding hydrogens is 338 g/mol. The van der Waals surface area contributed by atoms with Gasteiger partial charge >= 0.3 is 0 Å². The molecule has 0 fully saturated rings. The molecule has 128 valence electrons. The molecule has 0 aliphatic carbocycles. The van der Waals surface area contributed by atoms with Crippen LogP contribution in [0, 0.1) is 6.92 Å². The van der Waals surface area contributed by atoms with Gasteiger partial charge in [0.05, 0.1) is 23.5 Å². The summed E-state index contributed by atoms with van der Waals surface area (Å²) in [5.41, 5.74) is 2.98. The van der Waals surface area contributed by atoms with E-state index in [1.165, 1.54) is 6.26 Å². The van der Waals surface area contributed by atoms with Gasteiger partial charge < -0.3 is 15.1 Å². The largest absolute Gasteiger partial charge is 0.459 e. The van der Waals surface area contributed by atoms with Crippen LogP contribution in [0.3, 0.4) is 0 Å². The molecule has 2 amide bonds. The van der Waals surface area contributed by atoms with Crippen LogP contribution in [0.15, 0.2) is 52.5 Å². The zero-order chi connectivity index (χ0) is 17.6. The standard InChI is InChI=1S/C18H17N3O3S/c1-12-21-15(11-25-12)14-6-4-13(5-7-14)9-19-17(22)10-20-18(23)16-3-2-8-24-16/h2-8,11H,9-10H2,1H3,(H,19,22)(H,20,23). The lowest BCUT2D eigenvalue weighted by Gasteiger charge is -2.07. The lowest BCUT2D eigenvalue weighted by Crippen LogP contribution is -2.36. The van der Waals surface area contributed by atoms with Gasteiger partial charge in [0.25, 0.3) is 5.91 Å². The van der Waals surface area contributed by atoms with Gasteiger partial charge in [0.1, 0.15) is 0 Å². The van der Waals surface area contributed by atoms with Crippen LogP contribution in [0.1, 0.15) is 21.1 Å². The molecule has 1 aromatic carbocycles. The smallest absolute Gasteiger partial charge is 0.287 e. The van der Waals surface area contributed by atoms with E-state index in [2.05, 4.69) is 15.6 Å². The van der Waals surface area contributed by atoms with E-state index in [4.69, 9.17) is 4.42 Å². The molecule has 0 aliphatic heterocycles. The van der Waals surface area contributed by atoms with Gasteiger partial charge in [0.15, 0.2) is 5.76 Å². The molecule has 0 unspecified atom stereocenters. The zero-order valence-corrected chi connectivity index (χ0v) is 14.4. The molecule has 0 bridgehead atoms. The number of thiazole rings is 1. The Morgan fingerprint density at radius 2 is 1.96 bits per heavy atom. The molecule has 2 heterocycles. The predicted octanol–water partition coefficient (Wildman–Crippen LogP) is 2.76. The molecule has 0 saturated carbocycles. The van der Waals surface area contributed by atoms with Crippen LogP contribution >= 0.6 is 11.3 Å². The lowest BCUT2D eigenvalue weighted by atomic mass is 10.1. The molecule has 3 aromatic rings. The molecule has 0 saturated heterocycles. The number of benzene rings is 1. The van der Waals surface area contributed by atoms with Gasteiger partial charge in [-0.25, -0.2) is 4.98 Å². The summed E-state index contributed by atoms with van der Waals surface area (Å²) in [6.45, 7) is 2.27. The third kappa shape index (κ3) is 4.54. The summed E-state index contributed by atoms with van der Waals surface area (Å²) >= 11 is 1.62. The van der Waals surface area contributed by atoms with Crippen molar-refractivity contribution in [1.82, 2.24) is 15.6 Å². The fourth-order valence-electron chi connectivity index (χ4n) is 2.21. The van der Waals surface area contributed by atoms with Crippen molar-refractivity contribution in [2.75, 3.05) is 6.54 Å². The molecule has 0 radical (unpaired) electrons. The number of rotatable bonds is 6. The topological polar surface area (TPSA) is 84.2 Å². The summed E-state index contributed by atoms with van der Waals surface area (Å²) in [5, 5.41) is 8.32. The molecule has 0 aliphatic rings. The van der Waals surface area contributed by atoms with Gasteiger partial charge in [-0.3, -0.25) is 9.59 Å². The molecule has 7 heteroatoms. The lowest BCUT2D eigenvalue weighted by molar-refractivity contribution is -0.120. The highest BCUT2D eigenvalue weighted by molar-refractivity contribution is 7.09. The zero-order valence-electron chi connectivity index (χ0n) is 13.6. The van der Waals surface area contributed by atoms with E-state index >= 15 is 0 Å². The van der Waals surface area contributed by atoms with Gasteiger partial charge in [-0.2, -0.15) is 0 Å². The average Bonchev–Trinajstić information content (AvgIpc) is 3.30. The minimum atomic E-state index is -0.414. The molecule has 25 heavy (non-hydrogen) atoms. The Kier molecular flexibility index (Phi) is 5.25. The number of carbonyl (C=O) groups excluding carboxylic acids is 2. The number of nitrogens with one attached hydrogen (secondary N) is 2. The number of hydrogen-bond donors (Lipinski definition) is 2. The Balaban J connectivity index is 1.46. The van der Waals surface area contributed by atoms with Crippen LogP contribution in [0.5, 0.6) is 0 Å². The molecule has 2 aromatic heterocycles. The minimum absolute atomic E-state index is 0.101. The van der Waals surface area contributed by atoms with E-state index < -0.39 is 5.91 Å². The maximum absolute atomic E-state index is 11.8. The molecular formula is C18H17N3O3S. The number of hydrogen-bond acceptors (Lipinski definition) is 5. The van der Waals surface area contributed by atoms with E-state index in [9.17, 15) is 9.59 Å². The third-order valence-corrected chi connectivity index (χ3v) is 4.29. The van der Waals surface area contributed by atoms with Crippen molar-refractivity contribution in [2.45, 2.75) is 13.5 Å². The summed E-state index contributed by atoms with van der Waals surface area (Å²) in [6.07, 6.45) is 1.41. The number of aromatic nitrogens is 1. The van der Waals surface area contributed by atoms with E-state index in [0.29, 0.717) is 6.54 Å². The summed E-state index contributed by atoms with van der Waals surface area (Å²) in [7, 11) is 0. The van der Waals surface area contributed by atoms with Crippen LogP contribution in [0.4, 0.5) is 0 Å². The Labute approximate surface area is 148 Å². The maximum atomic E-state index is 11.8. The number of nitrogens with zero attached hydrogens (tertiary/aromatic N) is 1. The summed E-state index contributed by atoms with van der Waals surface area (Å²) in [4.78, 5) is 27.9. The summed E-state index contributed by atoms with van der Waals surface area (Å²) < 4.78 is 4.96. The van der Waals surface area contributed by atoms with E-state index in [-0.39, 0.29) is 18.2 Å². The number of amides is 2. The monoisotopic (exact) mass is 355 g/mol. The van der Waals surface area contributed by atoms with Crippen LogP contribution in [-0.2, 0) is 11.3 Å².